The van der Waals surface area contributed by atoms with Crippen LogP contribution < -0.4 is 0 Å². The van der Waals surface area contributed by atoms with Crippen molar-refractivity contribution in [2.75, 3.05) is 6.54 Å². The van der Waals surface area contributed by atoms with Crippen LogP contribution in [0.5, 0.6) is 0 Å². The van der Waals surface area contributed by atoms with E-state index in [4.69, 9.17) is 4.74 Å². The van der Waals surface area contributed by atoms with Crippen LogP contribution in [-0.4, -0.2) is 37.8 Å². The molecular weight excluding hydrogens is 476 g/mol. The molecule has 3 aromatic rings. The van der Waals surface area contributed by atoms with E-state index in [0.29, 0.717) is 37.5 Å². The molecule has 1 fully saturated rings. The Labute approximate surface area is 197 Å². The molecule has 1 aliphatic heterocycles. The summed E-state index contributed by atoms with van der Waals surface area (Å²) in [4.78, 5) is 3.43. The van der Waals surface area contributed by atoms with Crippen LogP contribution >= 0.6 is 0 Å². The first-order chi connectivity index (χ1) is 16.5. The molecule has 2 atom stereocenters. The van der Waals surface area contributed by atoms with Gasteiger partial charge in [0, 0.05) is 0 Å². The van der Waals surface area contributed by atoms with Gasteiger partial charge in [0.25, 0.3) is 0 Å². The Morgan fingerprint density at radius 3 is 2.20 bits per heavy atom. The number of tetrazole rings is 1. The standard InChI is InChI=1S/C23H23F6N5O/c1-33-31-20(30-32-33)13-34-9-5-8-19(21(34)16-6-3-2-4-7-16)35-14-15-10-17(22(24,25)26)12-18(11-15)23(27,28)29/h2-4,6-7,10-12,19,21H,5,8-9,13-14H2,1H3. The highest BCUT2D eigenvalue weighted by Gasteiger charge is 2.38. The molecule has 0 N–H and O–H groups in total. The molecule has 35 heavy (non-hydrogen) atoms. The van der Waals surface area contributed by atoms with Gasteiger partial charge in [0.1, 0.15) is 0 Å². The van der Waals surface area contributed by atoms with Crippen molar-refractivity contribution in [1.29, 1.82) is 0 Å². The molecular formula is C23H23F6N5O. The van der Waals surface area contributed by atoms with Gasteiger partial charge in [0.15, 0.2) is 5.82 Å². The maximum Gasteiger partial charge on any atom is 0.416 e. The third-order valence-corrected chi connectivity index (χ3v) is 5.83. The molecule has 1 saturated heterocycles. The second-order valence-corrected chi connectivity index (χ2v) is 8.43. The van der Waals surface area contributed by atoms with Crippen molar-refractivity contribution < 1.29 is 31.1 Å². The van der Waals surface area contributed by atoms with Gasteiger partial charge in [-0.1, -0.05) is 30.3 Å². The van der Waals surface area contributed by atoms with Gasteiger partial charge in [-0.25, -0.2) is 0 Å². The number of hydrogen-bond donors (Lipinski definition) is 0. The van der Waals surface area contributed by atoms with Crippen LogP contribution in [0.15, 0.2) is 48.5 Å². The average molecular weight is 499 g/mol. The fraction of sp³-hybridized carbons (Fsp3) is 0.435. The molecule has 0 aliphatic carbocycles. The summed E-state index contributed by atoms with van der Waals surface area (Å²) in [5.74, 6) is 0.502. The van der Waals surface area contributed by atoms with E-state index >= 15 is 0 Å². The Bertz CT molecular complexity index is 1100. The monoisotopic (exact) mass is 499 g/mol. The van der Waals surface area contributed by atoms with E-state index in [-0.39, 0.29) is 17.7 Å². The first-order valence-electron chi connectivity index (χ1n) is 10.9. The molecule has 1 aliphatic rings. The maximum absolute atomic E-state index is 13.2. The van der Waals surface area contributed by atoms with Gasteiger partial charge in [-0.3, -0.25) is 4.90 Å². The summed E-state index contributed by atoms with van der Waals surface area (Å²) in [5.41, 5.74) is -1.98. The minimum Gasteiger partial charge on any atom is -0.372 e. The molecule has 2 aromatic carbocycles. The lowest BCUT2D eigenvalue weighted by molar-refractivity contribution is -0.143. The third kappa shape index (κ3) is 6.17. The number of aromatic nitrogens is 4. The Hall–Kier alpha value is -2.99. The van der Waals surface area contributed by atoms with E-state index in [0.717, 1.165) is 12.0 Å². The van der Waals surface area contributed by atoms with Crippen molar-refractivity contribution in [3.8, 4) is 0 Å². The molecule has 0 saturated carbocycles. The molecule has 1 aromatic heterocycles. The van der Waals surface area contributed by atoms with Crippen LogP contribution in [0.2, 0.25) is 0 Å². The van der Waals surface area contributed by atoms with Crippen LogP contribution in [0.25, 0.3) is 0 Å². The summed E-state index contributed by atoms with van der Waals surface area (Å²) in [6, 6.07) is 10.6. The SMILES string of the molecule is Cn1nnc(CN2CCCC(OCc3cc(C(F)(F)F)cc(C(F)(F)F)c3)C2c2ccccc2)n1. The van der Waals surface area contributed by atoms with E-state index in [2.05, 4.69) is 20.3 Å². The van der Waals surface area contributed by atoms with E-state index in [1.165, 1.54) is 4.80 Å². The van der Waals surface area contributed by atoms with Crippen LogP contribution in [0.4, 0.5) is 26.3 Å². The summed E-state index contributed by atoms with van der Waals surface area (Å²) in [5, 5.41) is 12.1. The predicted octanol–water partition coefficient (Wildman–Crippen LogP) is 5.17. The number of likely N-dealkylation sites (tertiary alicyclic amines) is 1. The quantitative estimate of drug-likeness (QED) is 0.438. The molecule has 0 bridgehead atoms. The normalized spacial score (nSPS) is 19.7. The lowest BCUT2D eigenvalue weighted by Crippen LogP contribution is -2.42. The molecule has 4 rings (SSSR count). The number of halogens is 6. The van der Waals surface area contributed by atoms with Gasteiger partial charge in [-0.2, -0.15) is 31.1 Å². The van der Waals surface area contributed by atoms with Gasteiger partial charge in [-0.15, -0.1) is 10.2 Å². The lowest BCUT2D eigenvalue weighted by atomic mass is 9.92. The maximum atomic E-state index is 13.2. The Kier molecular flexibility index (Phi) is 7.13. The number of rotatable bonds is 6. The van der Waals surface area contributed by atoms with Gasteiger partial charge in [0.2, 0.25) is 0 Å². The number of alkyl halides is 6. The second-order valence-electron chi connectivity index (χ2n) is 8.43. The van der Waals surface area contributed by atoms with E-state index in [1.54, 1.807) is 7.05 Å². The summed E-state index contributed by atoms with van der Waals surface area (Å²) < 4.78 is 85.5. The van der Waals surface area contributed by atoms with E-state index < -0.39 is 36.2 Å². The molecule has 6 nitrogen and oxygen atoms in total. The smallest absolute Gasteiger partial charge is 0.372 e. The van der Waals surface area contributed by atoms with Crippen LogP contribution in [0.3, 0.4) is 0 Å². The number of ether oxygens (including phenoxy) is 1. The van der Waals surface area contributed by atoms with Crippen LogP contribution in [0, 0.1) is 0 Å². The largest absolute Gasteiger partial charge is 0.416 e. The average Bonchev–Trinajstić information content (AvgIpc) is 3.21. The number of nitrogens with zero attached hydrogens (tertiary/aromatic N) is 5. The van der Waals surface area contributed by atoms with Gasteiger partial charge >= 0.3 is 12.4 Å². The van der Waals surface area contributed by atoms with Crippen LogP contribution in [-0.2, 0) is 37.3 Å². The third-order valence-electron chi connectivity index (χ3n) is 5.83. The molecule has 2 unspecified atom stereocenters. The fourth-order valence-corrected chi connectivity index (χ4v) is 4.33. The molecule has 12 heteroatoms. The highest BCUT2D eigenvalue weighted by Crippen LogP contribution is 2.38. The van der Waals surface area contributed by atoms with Crippen molar-refractivity contribution in [1.82, 2.24) is 25.1 Å². The van der Waals surface area contributed by atoms with Crippen molar-refractivity contribution in [2.24, 2.45) is 7.05 Å². The van der Waals surface area contributed by atoms with E-state index in [9.17, 15) is 26.3 Å². The number of aryl methyl sites for hydroxylation is 1. The second kappa shape index (κ2) is 9.94. The zero-order valence-electron chi connectivity index (χ0n) is 18.7. The summed E-state index contributed by atoms with van der Waals surface area (Å²) in [7, 11) is 1.65. The van der Waals surface area contributed by atoms with Crippen molar-refractivity contribution in [2.45, 2.75) is 50.5 Å². The van der Waals surface area contributed by atoms with Gasteiger partial charge < -0.3 is 4.74 Å². The Morgan fingerprint density at radius 1 is 0.971 bits per heavy atom. The number of benzene rings is 2. The fourth-order valence-electron chi connectivity index (χ4n) is 4.33. The van der Waals surface area contributed by atoms with Gasteiger partial charge in [0.05, 0.1) is 43.5 Å². The summed E-state index contributed by atoms with van der Waals surface area (Å²) in [6.45, 7) is 0.673. The zero-order valence-corrected chi connectivity index (χ0v) is 18.7. The predicted molar refractivity (Wildman–Crippen MR) is 113 cm³/mol. The summed E-state index contributed by atoms with van der Waals surface area (Å²) >= 11 is 0. The van der Waals surface area contributed by atoms with Gasteiger partial charge in [-0.05, 0) is 53.9 Å². The summed E-state index contributed by atoms with van der Waals surface area (Å²) in [6.07, 6.45) is -8.96. The highest BCUT2D eigenvalue weighted by atomic mass is 19.4. The highest BCUT2D eigenvalue weighted by molar-refractivity contribution is 5.33. The number of piperidine rings is 1. The molecule has 2 heterocycles. The Balaban J connectivity index is 1.59. The van der Waals surface area contributed by atoms with Crippen LogP contribution in [0.1, 0.15) is 47.0 Å². The van der Waals surface area contributed by atoms with Crippen molar-refractivity contribution in [3.63, 3.8) is 0 Å². The topological polar surface area (TPSA) is 56.1 Å². The van der Waals surface area contributed by atoms with E-state index in [1.807, 2.05) is 30.3 Å². The molecule has 188 valence electrons. The lowest BCUT2D eigenvalue weighted by Gasteiger charge is -2.41. The Morgan fingerprint density at radius 2 is 1.63 bits per heavy atom. The minimum absolute atomic E-state index is 0.118. The number of hydrogen-bond acceptors (Lipinski definition) is 5. The minimum atomic E-state index is -4.91. The first kappa shape index (κ1) is 25.1. The molecule has 0 spiro atoms. The first-order valence-corrected chi connectivity index (χ1v) is 10.9. The van der Waals surface area contributed by atoms with Crippen molar-refractivity contribution in [3.05, 3.63) is 76.6 Å². The molecule has 0 amide bonds. The zero-order chi connectivity index (χ0) is 25.2. The van der Waals surface area contributed by atoms with Crippen molar-refractivity contribution >= 4 is 0 Å². The molecule has 0 radical (unpaired) electrons.